The number of halogens is 2. The van der Waals surface area contributed by atoms with E-state index < -0.39 is 0 Å². The van der Waals surface area contributed by atoms with Crippen molar-refractivity contribution in [3.8, 4) is 0 Å². The highest BCUT2D eigenvalue weighted by Crippen LogP contribution is 2.23. The Morgan fingerprint density at radius 2 is 2.05 bits per heavy atom. The Hall–Kier alpha value is -1.39. The number of aromatic nitrogens is 3. The van der Waals surface area contributed by atoms with Crippen molar-refractivity contribution in [2.45, 2.75) is 33.2 Å². The van der Waals surface area contributed by atoms with Crippen molar-refractivity contribution >= 4 is 29.0 Å². The van der Waals surface area contributed by atoms with E-state index >= 15 is 0 Å². The molecule has 0 N–H and O–H groups in total. The van der Waals surface area contributed by atoms with Crippen molar-refractivity contribution in [3.63, 3.8) is 0 Å². The first-order valence-corrected chi connectivity index (χ1v) is 7.21. The van der Waals surface area contributed by atoms with Crippen LogP contribution in [0, 0.1) is 0 Å². The molecule has 0 amide bonds. The highest BCUT2D eigenvalue weighted by molar-refractivity contribution is 6.32. The molecule has 106 valence electrons. The first kappa shape index (κ1) is 15.0. The van der Waals surface area contributed by atoms with Crippen LogP contribution >= 0.6 is 23.2 Å². The number of hydrogen-bond acceptors (Lipinski definition) is 3. The number of carbonyl (C=O) groups is 1. The number of Topliss-reactive ketones (excluding diaryl/α,β-unsaturated/α-hetero) is 1. The average molecular weight is 312 g/mol. The van der Waals surface area contributed by atoms with Crippen LogP contribution in [0.4, 0.5) is 0 Å². The zero-order valence-electron chi connectivity index (χ0n) is 11.4. The molecule has 2 heterocycles. The minimum atomic E-state index is -0.0965. The van der Waals surface area contributed by atoms with Crippen molar-refractivity contribution < 1.29 is 4.79 Å². The fraction of sp³-hybridized carbons (Fsp3) is 0.357. The zero-order valence-corrected chi connectivity index (χ0v) is 12.9. The van der Waals surface area contributed by atoms with E-state index in [2.05, 4.69) is 10.1 Å². The molecule has 0 saturated heterocycles. The maximum atomic E-state index is 12.2. The molecule has 0 atom stereocenters. The quantitative estimate of drug-likeness (QED) is 0.793. The van der Waals surface area contributed by atoms with E-state index in [1.54, 1.807) is 16.8 Å². The Morgan fingerprint density at radius 1 is 1.30 bits per heavy atom. The molecule has 0 aliphatic carbocycles. The number of pyridine rings is 1. The van der Waals surface area contributed by atoms with Gasteiger partial charge in [0.2, 0.25) is 0 Å². The average Bonchev–Trinajstić information content (AvgIpc) is 2.76. The van der Waals surface area contributed by atoms with Crippen LogP contribution in [0.15, 0.2) is 18.3 Å². The maximum Gasteiger partial charge on any atom is 0.187 e. The van der Waals surface area contributed by atoms with Crippen molar-refractivity contribution in [2.24, 2.45) is 0 Å². The molecule has 2 aromatic rings. The SMILES string of the molecule is CCc1nn(CC)c(CC(=O)c2ccc(Cl)cn2)c1Cl. The van der Waals surface area contributed by atoms with Crippen LogP contribution in [0.1, 0.15) is 35.7 Å². The molecular formula is C14H15Cl2N3O. The fourth-order valence-electron chi connectivity index (χ4n) is 1.97. The lowest BCUT2D eigenvalue weighted by Gasteiger charge is -2.04. The van der Waals surface area contributed by atoms with Gasteiger partial charge in [0.05, 0.1) is 27.9 Å². The van der Waals surface area contributed by atoms with Gasteiger partial charge in [-0.2, -0.15) is 5.10 Å². The van der Waals surface area contributed by atoms with Crippen LogP contribution < -0.4 is 0 Å². The minimum absolute atomic E-state index is 0.0965. The number of nitrogens with zero attached hydrogens (tertiary/aromatic N) is 3. The van der Waals surface area contributed by atoms with Gasteiger partial charge in [0.25, 0.3) is 0 Å². The van der Waals surface area contributed by atoms with E-state index in [1.807, 2.05) is 13.8 Å². The second-order valence-electron chi connectivity index (χ2n) is 4.34. The van der Waals surface area contributed by atoms with E-state index in [0.29, 0.717) is 22.3 Å². The van der Waals surface area contributed by atoms with Gasteiger partial charge < -0.3 is 0 Å². The molecule has 2 aromatic heterocycles. The van der Waals surface area contributed by atoms with E-state index in [4.69, 9.17) is 23.2 Å². The summed E-state index contributed by atoms with van der Waals surface area (Å²) in [6.45, 7) is 4.63. The molecule has 0 fully saturated rings. The van der Waals surface area contributed by atoms with Crippen LogP contribution in [-0.2, 0) is 19.4 Å². The minimum Gasteiger partial charge on any atom is -0.292 e. The summed E-state index contributed by atoms with van der Waals surface area (Å²) < 4.78 is 1.77. The van der Waals surface area contributed by atoms with Crippen LogP contribution in [0.25, 0.3) is 0 Å². The largest absolute Gasteiger partial charge is 0.292 e. The molecule has 20 heavy (non-hydrogen) atoms. The Labute approximate surface area is 127 Å². The molecule has 0 aliphatic rings. The first-order chi connectivity index (χ1) is 9.56. The van der Waals surface area contributed by atoms with Gasteiger partial charge in [-0.15, -0.1) is 0 Å². The predicted molar refractivity (Wildman–Crippen MR) is 79.6 cm³/mol. The van der Waals surface area contributed by atoms with Crippen molar-refractivity contribution in [3.05, 3.63) is 45.5 Å². The summed E-state index contributed by atoms with van der Waals surface area (Å²) in [6, 6.07) is 3.27. The molecule has 0 radical (unpaired) electrons. The first-order valence-electron chi connectivity index (χ1n) is 6.45. The highest BCUT2D eigenvalue weighted by Gasteiger charge is 2.18. The van der Waals surface area contributed by atoms with Gasteiger partial charge in [0.1, 0.15) is 5.69 Å². The maximum absolute atomic E-state index is 12.2. The van der Waals surface area contributed by atoms with E-state index in [-0.39, 0.29) is 12.2 Å². The lowest BCUT2D eigenvalue weighted by Crippen LogP contribution is -2.11. The summed E-state index contributed by atoms with van der Waals surface area (Å²) in [5, 5.41) is 5.48. The second kappa shape index (κ2) is 6.37. The number of carbonyl (C=O) groups excluding carboxylic acids is 1. The molecular weight excluding hydrogens is 297 g/mol. The second-order valence-corrected chi connectivity index (χ2v) is 5.15. The van der Waals surface area contributed by atoms with E-state index in [0.717, 1.165) is 17.8 Å². The summed E-state index contributed by atoms with van der Waals surface area (Å²) in [4.78, 5) is 16.3. The van der Waals surface area contributed by atoms with E-state index in [1.165, 1.54) is 6.20 Å². The molecule has 4 nitrogen and oxygen atoms in total. The lowest BCUT2D eigenvalue weighted by atomic mass is 10.1. The van der Waals surface area contributed by atoms with Gasteiger partial charge in [-0.1, -0.05) is 30.1 Å². The molecule has 0 aromatic carbocycles. The van der Waals surface area contributed by atoms with Gasteiger partial charge in [0.15, 0.2) is 5.78 Å². The monoisotopic (exact) mass is 311 g/mol. The lowest BCUT2D eigenvalue weighted by molar-refractivity contribution is 0.0986. The number of aryl methyl sites for hydroxylation is 2. The normalized spacial score (nSPS) is 10.8. The smallest absolute Gasteiger partial charge is 0.187 e. The van der Waals surface area contributed by atoms with Crippen molar-refractivity contribution in [1.82, 2.24) is 14.8 Å². The van der Waals surface area contributed by atoms with Gasteiger partial charge in [-0.25, -0.2) is 0 Å². The number of ketones is 1. The van der Waals surface area contributed by atoms with Gasteiger partial charge >= 0.3 is 0 Å². The summed E-state index contributed by atoms with van der Waals surface area (Å²) in [7, 11) is 0. The third-order valence-electron chi connectivity index (χ3n) is 3.04. The molecule has 0 saturated carbocycles. The number of hydrogen-bond donors (Lipinski definition) is 0. The Bertz CT molecular complexity index is 620. The van der Waals surface area contributed by atoms with Crippen LogP contribution in [0.3, 0.4) is 0 Å². The van der Waals surface area contributed by atoms with Gasteiger partial charge in [-0.05, 0) is 25.5 Å². The third kappa shape index (κ3) is 3.02. The van der Waals surface area contributed by atoms with Gasteiger partial charge in [-0.3, -0.25) is 14.5 Å². The van der Waals surface area contributed by atoms with Crippen molar-refractivity contribution in [2.75, 3.05) is 0 Å². The molecule has 6 heteroatoms. The zero-order chi connectivity index (χ0) is 14.7. The number of rotatable bonds is 5. The Balaban J connectivity index is 2.27. The summed E-state index contributed by atoms with van der Waals surface area (Å²) in [6.07, 6.45) is 2.39. The Kier molecular flexibility index (Phi) is 4.78. The molecule has 0 aliphatic heterocycles. The molecule has 2 rings (SSSR count). The van der Waals surface area contributed by atoms with Crippen molar-refractivity contribution in [1.29, 1.82) is 0 Å². The van der Waals surface area contributed by atoms with Crippen LogP contribution in [-0.4, -0.2) is 20.5 Å². The fourth-order valence-corrected chi connectivity index (χ4v) is 2.42. The predicted octanol–water partition coefficient (Wildman–Crippen LogP) is 3.59. The standard InChI is InChI=1S/C14H15Cl2N3O/c1-3-10-14(16)12(19(4-2)18-10)7-13(20)11-6-5-9(15)8-17-11/h5-6,8H,3-4,7H2,1-2H3. The van der Waals surface area contributed by atoms with Crippen LogP contribution in [0.2, 0.25) is 10.0 Å². The molecule has 0 unspecified atom stereocenters. The van der Waals surface area contributed by atoms with Gasteiger partial charge in [0, 0.05) is 12.7 Å². The third-order valence-corrected chi connectivity index (χ3v) is 3.70. The molecule has 0 spiro atoms. The summed E-state index contributed by atoms with van der Waals surface area (Å²) in [5.41, 5.74) is 1.94. The topological polar surface area (TPSA) is 47.8 Å². The molecule has 0 bridgehead atoms. The highest BCUT2D eigenvalue weighted by atomic mass is 35.5. The van der Waals surface area contributed by atoms with E-state index in [9.17, 15) is 4.79 Å². The Morgan fingerprint density at radius 3 is 2.60 bits per heavy atom. The van der Waals surface area contributed by atoms with Crippen LogP contribution in [0.5, 0.6) is 0 Å². The summed E-state index contributed by atoms with van der Waals surface area (Å²) in [5.74, 6) is -0.0965. The summed E-state index contributed by atoms with van der Waals surface area (Å²) >= 11 is 12.1.